The van der Waals surface area contributed by atoms with Gasteiger partial charge in [0.25, 0.3) is 0 Å². The first-order chi connectivity index (χ1) is 9.02. The molecule has 1 N–H and O–H groups in total. The number of carbonyl (C=O) groups is 1. The van der Waals surface area contributed by atoms with Crippen molar-refractivity contribution < 1.29 is 14.5 Å². The summed E-state index contributed by atoms with van der Waals surface area (Å²) in [6.07, 6.45) is 1.95. The Morgan fingerprint density at radius 2 is 2.26 bits per heavy atom. The van der Waals surface area contributed by atoms with Crippen LogP contribution in [0.25, 0.3) is 10.9 Å². The predicted octanol–water partition coefficient (Wildman–Crippen LogP) is 2.54. The second-order valence-electron chi connectivity index (χ2n) is 3.99. The number of aromatic amines is 1. The normalized spacial score (nSPS) is 10.6. The summed E-state index contributed by atoms with van der Waals surface area (Å²) in [4.78, 5) is 24.9. The monoisotopic (exact) mass is 326 g/mol. The van der Waals surface area contributed by atoms with Gasteiger partial charge in [-0.15, -0.1) is 0 Å². The lowest BCUT2D eigenvalue weighted by Gasteiger charge is -2.04. The third kappa shape index (κ3) is 2.76. The molecule has 0 radical (unpaired) electrons. The Labute approximate surface area is 117 Å². The molecule has 100 valence electrons. The molecule has 1 aromatic carbocycles. The number of benzene rings is 1. The van der Waals surface area contributed by atoms with Crippen molar-refractivity contribution in [3.8, 4) is 0 Å². The van der Waals surface area contributed by atoms with Gasteiger partial charge in [-0.1, -0.05) is 15.9 Å². The SMILES string of the molecule is COC(=O)c1cc(Br)cc2[nH]cc(CC[N+](=O)[O-])c12. The second-order valence-corrected chi connectivity index (χ2v) is 4.90. The fourth-order valence-corrected chi connectivity index (χ4v) is 2.44. The van der Waals surface area contributed by atoms with Gasteiger partial charge in [0.15, 0.2) is 0 Å². The van der Waals surface area contributed by atoms with E-state index >= 15 is 0 Å². The summed E-state index contributed by atoms with van der Waals surface area (Å²) >= 11 is 3.32. The highest BCUT2D eigenvalue weighted by molar-refractivity contribution is 9.10. The fourth-order valence-electron chi connectivity index (χ4n) is 1.98. The van der Waals surface area contributed by atoms with Gasteiger partial charge >= 0.3 is 5.97 Å². The summed E-state index contributed by atoms with van der Waals surface area (Å²) < 4.78 is 5.48. The summed E-state index contributed by atoms with van der Waals surface area (Å²) in [5, 5.41) is 11.1. The molecule has 19 heavy (non-hydrogen) atoms. The molecule has 0 atom stereocenters. The average molecular weight is 327 g/mol. The molecule has 2 rings (SSSR count). The van der Waals surface area contributed by atoms with E-state index in [0.29, 0.717) is 10.9 Å². The molecule has 6 nitrogen and oxygen atoms in total. The Morgan fingerprint density at radius 3 is 2.89 bits per heavy atom. The summed E-state index contributed by atoms with van der Waals surface area (Å²) in [5.74, 6) is -0.465. The molecular weight excluding hydrogens is 316 g/mol. The van der Waals surface area contributed by atoms with Crippen LogP contribution in [0.1, 0.15) is 15.9 Å². The summed E-state index contributed by atoms with van der Waals surface area (Å²) in [5.41, 5.74) is 1.87. The highest BCUT2D eigenvalue weighted by Gasteiger charge is 2.17. The zero-order valence-electron chi connectivity index (χ0n) is 10.1. The number of nitro groups is 1. The number of halogens is 1. The van der Waals surface area contributed by atoms with Crippen LogP contribution >= 0.6 is 15.9 Å². The van der Waals surface area contributed by atoms with Gasteiger partial charge in [-0.2, -0.15) is 0 Å². The number of esters is 1. The number of hydrogen-bond donors (Lipinski definition) is 1. The Morgan fingerprint density at radius 1 is 1.53 bits per heavy atom. The van der Waals surface area contributed by atoms with E-state index < -0.39 is 5.97 Å². The molecule has 0 fully saturated rings. The number of hydrogen-bond acceptors (Lipinski definition) is 4. The van der Waals surface area contributed by atoms with Crippen molar-refractivity contribution in [3.05, 3.63) is 44.0 Å². The second kappa shape index (κ2) is 5.40. The predicted molar refractivity (Wildman–Crippen MR) is 72.9 cm³/mol. The van der Waals surface area contributed by atoms with E-state index in [0.717, 1.165) is 15.6 Å². The fraction of sp³-hybridized carbons (Fsp3) is 0.250. The van der Waals surface area contributed by atoms with Crippen LogP contribution < -0.4 is 0 Å². The van der Waals surface area contributed by atoms with Crippen LogP contribution in [-0.2, 0) is 11.2 Å². The van der Waals surface area contributed by atoms with Crippen molar-refractivity contribution in [2.75, 3.05) is 13.7 Å². The van der Waals surface area contributed by atoms with Crippen molar-refractivity contribution in [3.63, 3.8) is 0 Å². The highest BCUT2D eigenvalue weighted by atomic mass is 79.9. The van der Waals surface area contributed by atoms with Gasteiger partial charge in [0.05, 0.1) is 12.7 Å². The average Bonchev–Trinajstić information content (AvgIpc) is 2.77. The number of fused-ring (bicyclic) bond motifs is 1. The molecule has 0 bridgehead atoms. The van der Waals surface area contributed by atoms with Gasteiger partial charge in [-0.3, -0.25) is 10.1 Å². The van der Waals surface area contributed by atoms with Crippen LogP contribution in [-0.4, -0.2) is 29.5 Å². The molecular formula is C12H11BrN2O4. The summed E-state index contributed by atoms with van der Waals surface area (Å²) in [7, 11) is 1.30. The van der Waals surface area contributed by atoms with Gasteiger partial charge in [0.1, 0.15) is 0 Å². The number of nitrogens with zero attached hydrogens (tertiary/aromatic N) is 1. The first kappa shape index (κ1) is 13.5. The summed E-state index contributed by atoms with van der Waals surface area (Å²) in [6.45, 7) is -0.177. The van der Waals surface area contributed by atoms with Crippen molar-refractivity contribution >= 4 is 32.8 Å². The minimum Gasteiger partial charge on any atom is -0.465 e. The van der Waals surface area contributed by atoms with Crippen LogP contribution in [0.3, 0.4) is 0 Å². The van der Waals surface area contributed by atoms with E-state index in [4.69, 9.17) is 4.74 Å². The van der Waals surface area contributed by atoms with Crippen molar-refractivity contribution in [2.24, 2.45) is 0 Å². The maximum Gasteiger partial charge on any atom is 0.338 e. The number of H-pyrrole nitrogens is 1. The molecule has 1 heterocycles. The van der Waals surface area contributed by atoms with E-state index in [1.165, 1.54) is 7.11 Å². The lowest BCUT2D eigenvalue weighted by molar-refractivity contribution is -0.479. The van der Waals surface area contributed by atoms with E-state index in [-0.39, 0.29) is 17.9 Å². The standard InChI is InChI=1S/C12H11BrN2O4/c1-19-12(16)9-4-8(13)5-10-11(9)7(6-14-10)2-3-15(17)18/h4-6,14H,2-3H2,1H3. The largest absolute Gasteiger partial charge is 0.465 e. The van der Waals surface area contributed by atoms with E-state index in [9.17, 15) is 14.9 Å². The lowest BCUT2D eigenvalue weighted by atomic mass is 10.0. The first-order valence-electron chi connectivity index (χ1n) is 5.52. The maximum absolute atomic E-state index is 11.8. The molecule has 0 spiro atoms. The minimum atomic E-state index is -0.465. The Hall–Kier alpha value is -1.89. The number of methoxy groups -OCH3 is 1. The number of ether oxygens (including phenoxy) is 1. The lowest BCUT2D eigenvalue weighted by Crippen LogP contribution is -2.06. The quantitative estimate of drug-likeness (QED) is 0.531. The molecule has 0 saturated heterocycles. The maximum atomic E-state index is 11.8. The third-order valence-corrected chi connectivity index (χ3v) is 3.25. The van der Waals surface area contributed by atoms with E-state index in [1.54, 1.807) is 12.3 Å². The van der Waals surface area contributed by atoms with Crippen molar-refractivity contribution in [2.45, 2.75) is 6.42 Å². The molecule has 1 aromatic heterocycles. The Balaban J connectivity index is 2.55. The number of rotatable bonds is 4. The van der Waals surface area contributed by atoms with Crippen LogP contribution in [0.5, 0.6) is 0 Å². The van der Waals surface area contributed by atoms with Gasteiger partial charge in [0, 0.05) is 32.9 Å². The van der Waals surface area contributed by atoms with Gasteiger partial charge in [0.2, 0.25) is 6.54 Å². The number of aromatic nitrogens is 1. The third-order valence-electron chi connectivity index (χ3n) is 2.80. The Kier molecular flexibility index (Phi) is 3.84. The van der Waals surface area contributed by atoms with Gasteiger partial charge < -0.3 is 9.72 Å². The van der Waals surface area contributed by atoms with Crippen molar-refractivity contribution in [1.82, 2.24) is 4.98 Å². The molecule has 2 aromatic rings. The topological polar surface area (TPSA) is 85.2 Å². The van der Waals surface area contributed by atoms with Crippen LogP contribution in [0.15, 0.2) is 22.8 Å². The molecule has 7 heteroatoms. The summed E-state index contributed by atoms with van der Waals surface area (Å²) in [6, 6.07) is 3.47. The molecule has 0 aliphatic rings. The first-order valence-corrected chi connectivity index (χ1v) is 6.32. The zero-order valence-corrected chi connectivity index (χ0v) is 11.7. The molecule has 0 aliphatic carbocycles. The number of carbonyl (C=O) groups excluding carboxylic acids is 1. The van der Waals surface area contributed by atoms with Crippen LogP contribution in [0, 0.1) is 10.1 Å². The number of nitrogens with one attached hydrogen (secondary N) is 1. The Bertz CT molecular complexity index is 650. The zero-order chi connectivity index (χ0) is 14.0. The smallest absolute Gasteiger partial charge is 0.338 e. The van der Waals surface area contributed by atoms with E-state index in [2.05, 4.69) is 20.9 Å². The highest BCUT2D eigenvalue weighted by Crippen LogP contribution is 2.28. The molecule has 0 aliphatic heterocycles. The minimum absolute atomic E-state index is 0.177. The van der Waals surface area contributed by atoms with Crippen molar-refractivity contribution in [1.29, 1.82) is 0 Å². The molecule has 0 unspecified atom stereocenters. The van der Waals surface area contributed by atoms with Gasteiger partial charge in [-0.05, 0) is 17.7 Å². The van der Waals surface area contributed by atoms with Crippen LogP contribution in [0.4, 0.5) is 0 Å². The van der Waals surface area contributed by atoms with Gasteiger partial charge in [-0.25, -0.2) is 4.79 Å². The molecule has 0 amide bonds. The van der Waals surface area contributed by atoms with E-state index in [1.807, 2.05) is 6.07 Å². The van der Waals surface area contributed by atoms with Crippen LogP contribution in [0.2, 0.25) is 0 Å². The molecule has 0 saturated carbocycles.